The van der Waals surface area contributed by atoms with Crippen molar-refractivity contribution < 1.29 is 9.47 Å². The molecule has 12 heteroatoms. The van der Waals surface area contributed by atoms with Crippen molar-refractivity contribution in [2.45, 2.75) is 37.5 Å². The quantitative estimate of drug-likeness (QED) is 0.126. The molecule has 0 amide bonds. The Morgan fingerprint density at radius 3 is 1.98 bits per heavy atom. The first-order valence-corrected chi connectivity index (χ1v) is 19.8. The highest BCUT2D eigenvalue weighted by atomic mass is 32.1. The molecular weight excluding hydrogens is 713 g/mol. The third-order valence-corrected chi connectivity index (χ3v) is 16.6. The molecule has 0 aromatic carbocycles. The summed E-state index contributed by atoms with van der Waals surface area (Å²) in [4.78, 5) is 12.9. The molecule has 1 saturated carbocycles. The van der Waals surface area contributed by atoms with E-state index < -0.39 is 0 Å². The Bertz CT molecular complexity index is 2550. The summed E-state index contributed by atoms with van der Waals surface area (Å²) >= 11 is 10.6. The first kappa shape index (κ1) is 31.1. The van der Waals surface area contributed by atoms with Gasteiger partial charge in [-0.25, -0.2) is 20.2 Å². The van der Waals surface area contributed by atoms with Gasteiger partial charge in [-0.3, -0.25) is 0 Å². The van der Waals surface area contributed by atoms with Crippen LogP contribution >= 0.6 is 68.0 Å². The molecule has 0 atom stereocenters. The minimum Gasteiger partial charge on any atom is -0.495 e. The number of nitrogens with zero attached hydrogens (tertiary/aromatic N) is 4. The molecule has 48 heavy (non-hydrogen) atoms. The fourth-order valence-corrected chi connectivity index (χ4v) is 15.3. The van der Waals surface area contributed by atoms with Gasteiger partial charge >= 0.3 is 0 Å². The lowest BCUT2D eigenvalue weighted by atomic mass is 9.67. The summed E-state index contributed by atoms with van der Waals surface area (Å²) in [6, 6.07) is 10.1. The van der Waals surface area contributed by atoms with Crippen LogP contribution in [0.3, 0.4) is 0 Å². The Balaban J connectivity index is 1.25. The van der Waals surface area contributed by atoms with E-state index in [1.54, 1.807) is 60.4 Å². The van der Waals surface area contributed by atoms with E-state index in [2.05, 4.69) is 21.8 Å². The molecule has 2 aliphatic rings. The van der Waals surface area contributed by atoms with Crippen LogP contribution in [-0.2, 0) is 5.41 Å². The lowest BCUT2D eigenvalue weighted by Gasteiger charge is -2.37. The second kappa shape index (κ2) is 12.0. The number of rotatable bonds is 6. The normalized spacial score (nSPS) is 15.8. The lowest BCUT2D eigenvalue weighted by molar-refractivity contribution is 0.373. The molecular formula is C36H22N4O2S6. The van der Waals surface area contributed by atoms with Gasteiger partial charge < -0.3 is 9.47 Å². The Hall–Kier alpha value is -4.24. The van der Waals surface area contributed by atoms with Crippen LogP contribution in [-0.4, -0.2) is 14.2 Å². The van der Waals surface area contributed by atoms with E-state index >= 15 is 0 Å². The molecule has 6 nitrogen and oxygen atoms in total. The monoisotopic (exact) mass is 734 g/mol. The number of hydrogen-bond acceptors (Lipinski definition) is 10. The molecule has 0 bridgehead atoms. The Morgan fingerprint density at radius 2 is 1.35 bits per heavy atom. The molecule has 6 aromatic rings. The molecule has 0 saturated heterocycles. The van der Waals surface area contributed by atoms with E-state index in [-0.39, 0.29) is 16.8 Å². The second-order valence-corrected chi connectivity index (χ2v) is 17.8. The number of ether oxygens (including phenoxy) is 2. The third kappa shape index (κ3) is 4.68. The fraction of sp³-hybridized carbons (Fsp3) is 0.222. The zero-order chi connectivity index (χ0) is 33.2. The van der Waals surface area contributed by atoms with Crippen LogP contribution in [0.2, 0.25) is 0 Å². The van der Waals surface area contributed by atoms with Crippen LogP contribution < -0.4 is 9.47 Å². The molecule has 6 heterocycles. The van der Waals surface area contributed by atoms with E-state index in [0.29, 0.717) is 0 Å². The maximum Gasteiger partial charge on any atom is 0.263 e. The topological polar surface area (TPSA) is 74.8 Å². The van der Waals surface area contributed by atoms with Gasteiger partial charge in [0.15, 0.2) is 0 Å². The highest BCUT2D eigenvalue weighted by Gasteiger charge is 2.47. The number of thiophene rings is 6. The number of fused-ring (bicyclic) bond motifs is 8. The number of nitriles is 2. The van der Waals surface area contributed by atoms with Crippen molar-refractivity contribution in [3.63, 3.8) is 0 Å². The summed E-state index contributed by atoms with van der Waals surface area (Å²) < 4.78 is 19.7. The van der Waals surface area contributed by atoms with Gasteiger partial charge in [0.1, 0.15) is 11.5 Å². The molecule has 234 valence electrons. The van der Waals surface area contributed by atoms with Crippen LogP contribution in [0.1, 0.15) is 57.2 Å². The molecule has 2 aliphatic carbocycles. The summed E-state index contributed by atoms with van der Waals surface area (Å²) in [5.41, 5.74) is 2.84. The zero-order valence-corrected chi connectivity index (χ0v) is 30.5. The highest BCUT2D eigenvalue weighted by Crippen LogP contribution is 2.64. The molecule has 0 aliphatic heterocycles. The van der Waals surface area contributed by atoms with Crippen molar-refractivity contribution in [2.24, 2.45) is 0 Å². The summed E-state index contributed by atoms with van der Waals surface area (Å²) in [5, 5.41) is 18.6. The van der Waals surface area contributed by atoms with Gasteiger partial charge in [0.25, 0.3) is 11.4 Å². The Labute approximate surface area is 300 Å². The van der Waals surface area contributed by atoms with Crippen LogP contribution in [0.25, 0.3) is 71.4 Å². The van der Waals surface area contributed by atoms with Crippen molar-refractivity contribution >= 4 is 120 Å². The molecule has 1 fully saturated rings. The highest BCUT2D eigenvalue weighted by molar-refractivity contribution is 7.45. The Kier molecular flexibility index (Phi) is 7.78. The van der Waals surface area contributed by atoms with Gasteiger partial charge in [-0.15, -0.1) is 68.0 Å². The number of allylic oxidation sites excluding steroid dienone is 3. The third-order valence-electron chi connectivity index (χ3n) is 8.97. The van der Waals surface area contributed by atoms with E-state index in [4.69, 9.17) is 22.6 Å². The van der Waals surface area contributed by atoms with Crippen LogP contribution in [0.15, 0.2) is 29.6 Å². The fourth-order valence-electron chi connectivity index (χ4n) is 6.96. The van der Waals surface area contributed by atoms with Crippen molar-refractivity contribution in [2.75, 3.05) is 14.2 Å². The average molecular weight is 735 g/mol. The van der Waals surface area contributed by atoms with E-state index in [9.17, 15) is 10.5 Å². The maximum atomic E-state index is 9.37. The second-order valence-electron chi connectivity index (χ2n) is 11.5. The first-order chi connectivity index (χ1) is 23.4. The standard InChI is InChI=1S/C36H22N4O2S6/c1-39-18(16-37)10-20-12-23(41-3)29(43-20)22-14-25-28(36(22)8-6-5-7-9-36)32-34(45-25)35-33(48-32)31-27(47-35)15-26(46-31)30-24(42-4)13-21(44-30)11-19(17-38)40-2/h10-15H,5-9H2,3-4H3/b18-10+,19-11-. The summed E-state index contributed by atoms with van der Waals surface area (Å²) in [7, 11) is 3.36. The predicted molar refractivity (Wildman–Crippen MR) is 204 cm³/mol. The van der Waals surface area contributed by atoms with Gasteiger partial charge in [-0.05, 0) is 60.4 Å². The average Bonchev–Trinajstić information content (AvgIpc) is 3.96. The first-order valence-electron chi connectivity index (χ1n) is 14.9. The van der Waals surface area contributed by atoms with Gasteiger partial charge in [-0.2, -0.15) is 0 Å². The predicted octanol–water partition coefficient (Wildman–Crippen LogP) is 12.5. The number of hydrogen-bond donors (Lipinski definition) is 0. The van der Waals surface area contributed by atoms with E-state index in [1.807, 2.05) is 58.3 Å². The maximum absolute atomic E-state index is 9.37. The smallest absolute Gasteiger partial charge is 0.263 e. The molecule has 1 spiro atoms. The lowest BCUT2D eigenvalue weighted by Crippen LogP contribution is -2.28. The number of methoxy groups -OCH3 is 2. The zero-order valence-electron chi connectivity index (χ0n) is 25.6. The minimum atomic E-state index is -0.0859. The summed E-state index contributed by atoms with van der Waals surface area (Å²) in [6.45, 7) is 14.6. The van der Waals surface area contributed by atoms with Crippen LogP contribution in [0.5, 0.6) is 11.5 Å². The largest absolute Gasteiger partial charge is 0.495 e. The van der Waals surface area contributed by atoms with E-state index in [1.165, 1.54) is 63.5 Å². The molecule has 0 unspecified atom stereocenters. The van der Waals surface area contributed by atoms with Gasteiger partial charge in [0.2, 0.25) is 0 Å². The van der Waals surface area contributed by atoms with Crippen LogP contribution in [0.4, 0.5) is 0 Å². The van der Waals surface area contributed by atoms with Gasteiger partial charge in [-0.1, -0.05) is 19.3 Å². The van der Waals surface area contributed by atoms with Crippen molar-refractivity contribution in [3.8, 4) is 33.4 Å². The Morgan fingerprint density at radius 1 is 0.750 bits per heavy atom. The van der Waals surface area contributed by atoms with Crippen molar-refractivity contribution in [1.82, 2.24) is 0 Å². The molecule has 0 N–H and O–H groups in total. The van der Waals surface area contributed by atoms with Crippen LogP contribution in [0, 0.1) is 35.8 Å². The summed E-state index contributed by atoms with van der Waals surface area (Å²) in [6.07, 6.45) is 11.5. The minimum absolute atomic E-state index is 0.0573. The van der Waals surface area contributed by atoms with E-state index in [0.717, 1.165) is 48.7 Å². The molecule has 8 rings (SSSR count). The van der Waals surface area contributed by atoms with Crippen molar-refractivity contribution in [1.29, 1.82) is 10.5 Å². The molecule has 0 radical (unpaired) electrons. The summed E-state index contributed by atoms with van der Waals surface area (Å²) in [5.74, 6) is 1.55. The van der Waals surface area contributed by atoms with Crippen molar-refractivity contribution in [3.05, 3.63) is 77.5 Å². The SMILES string of the molecule is [C-]#[N+]/C(C#N)=C\c1cc(OC)c(-c2cc3sc4c5sc6c(c5sc4c3s2)C2(CCCCC2)C(c2sc(/C=C(\C#N)[N+]#[C-])cc2OC)=C6)s1. The molecule has 6 aromatic heterocycles. The van der Waals surface area contributed by atoms with Gasteiger partial charge in [0, 0.05) is 24.7 Å². The van der Waals surface area contributed by atoms with Gasteiger partial charge in [0.05, 0.1) is 77.6 Å².